The van der Waals surface area contributed by atoms with Gasteiger partial charge in [-0.05, 0) is 37.5 Å². The standard InChI is InChI=1S/C13H18ClNO/c1-3-10(2)15-13(16)9-6-11-4-7-12(14)8-5-11/h4-5,7-8,10H,3,6,9H2,1-2H3,(H,15,16)/t10-/m1/s1. The molecule has 1 aromatic rings. The van der Waals surface area contributed by atoms with Crippen molar-refractivity contribution in [2.45, 2.75) is 39.2 Å². The number of hydrogen-bond acceptors (Lipinski definition) is 1. The number of benzene rings is 1. The lowest BCUT2D eigenvalue weighted by molar-refractivity contribution is -0.121. The van der Waals surface area contributed by atoms with Crippen molar-refractivity contribution in [2.75, 3.05) is 0 Å². The lowest BCUT2D eigenvalue weighted by atomic mass is 10.1. The maximum absolute atomic E-state index is 11.5. The monoisotopic (exact) mass is 239 g/mol. The molecule has 0 aromatic heterocycles. The summed E-state index contributed by atoms with van der Waals surface area (Å²) in [7, 11) is 0. The number of halogens is 1. The van der Waals surface area contributed by atoms with Gasteiger partial charge in [-0.3, -0.25) is 4.79 Å². The zero-order valence-corrected chi connectivity index (χ0v) is 10.6. The Morgan fingerprint density at radius 2 is 2.00 bits per heavy atom. The Bertz CT molecular complexity index is 334. The van der Waals surface area contributed by atoms with Gasteiger partial charge in [0.15, 0.2) is 0 Å². The van der Waals surface area contributed by atoms with Crippen LogP contribution in [-0.2, 0) is 11.2 Å². The summed E-state index contributed by atoms with van der Waals surface area (Å²) < 4.78 is 0. The Hall–Kier alpha value is -1.02. The van der Waals surface area contributed by atoms with Crippen LogP contribution in [0.5, 0.6) is 0 Å². The van der Waals surface area contributed by atoms with E-state index < -0.39 is 0 Å². The molecule has 16 heavy (non-hydrogen) atoms. The molecule has 0 unspecified atom stereocenters. The van der Waals surface area contributed by atoms with Gasteiger partial charge in [0.1, 0.15) is 0 Å². The molecule has 1 amide bonds. The topological polar surface area (TPSA) is 29.1 Å². The van der Waals surface area contributed by atoms with Crippen LogP contribution in [0, 0.1) is 0 Å². The van der Waals surface area contributed by atoms with Gasteiger partial charge in [-0.25, -0.2) is 0 Å². The molecule has 0 aliphatic rings. The first-order valence-corrected chi connectivity index (χ1v) is 6.03. The highest BCUT2D eigenvalue weighted by Gasteiger charge is 2.05. The number of carbonyl (C=O) groups is 1. The van der Waals surface area contributed by atoms with Crippen molar-refractivity contribution < 1.29 is 4.79 Å². The SMILES string of the molecule is CC[C@@H](C)NC(=O)CCc1ccc(Cl)cc1. The summed E-state index contributed by atoms with van der Waals surface area (Å²) in [5.41, 5.74) is 1.14. The Labute approximate surface area is 102 Å². The molecular weight excluding hydrogens is 222 g/mol. The molecule has 0 saturated carbocycles. The average molecular weight is 240 g/mol. The molecule has 1 N–H and O–H groups in total. The van der Waals surface area contributed by atoms with Crippen molar-refractivity contribution >= 4 is 17.5 Å². The fourth-order valence-electron chi connectivity index (χ4n) is 1.36. The third-order valence-electron chi connectivity index (χ3n) is 2.57. The van der Waals surface area contributed by atoms with E-state index in [0.717, 1.165) is 23.4 Å². The van der Waals surface area contributed by atoms with Crippen LogP contribution in [0.1, 0.15) is 32.3 Å². The summed E-state index contributed by atoms with van der Waals surface area (Å²) in [4.78, 5) is 11.5. The van der Waals surface area contributed by atoms with E-state index in [1.165, 1.54) is 0 Å². The smallest absolute Gasteiger partial charge is 0.220 e. The van der Waals surface area contributed by atoms with Gasteiger partial charge in [-0.15, -0.1) is 0 Å². The first-order chi connectivity index (χ1) is 7.61. The van der Waals surface area contributed by atoms with E-state index in [4.69, 9.17) is 11.6 Å². The molecule has 0 aliphatic carbocycles. The van der Waals surface area contributed by atoms with Gasteiger partial charge >= 0.3 is 0 Å². The van der Waals surface area contributed by atoms with Gasteiger partial charge in [0.05, 0.1) is 0 Å². The number of rotatable bonds is 5. The molecule has 0 fully saturated rings. The number of amides is 1. The van der Waals surface area contributed by atoms with Gasteiger partial charge in [-0.2, -0.15) is 0 Å². The summed E-state index contributed by atoms with van der Waals surface area (Å²) in [5.74, 6) is 0.115. The highest BCUT2D eigenvalue weighted by atomic mass is 35.5. The maximum Gasteiger partial charge on any atom is 0.220 e. The van der Waals surface area contributed by atoms with E-state index in [0.29, 0.717) is 6.42 Å². The summed E-state index contributed by atoms with van der Waals surface area (Å²) in [6, 6.07) is 7.88. The van der Waals surface area contributed by atoms with Crippen LogP contribution in [-0.4, -0.2) is 11.9 Å². The van der Waals surface area contributed by atoms with Gasteiger partial charge in [-0.1, -0.05) is 30.7 Å². The number of nitrogens with one attached hydrogen (secondary N) is 1. The van der Waals surface area contributed by atoms with Crippen LogP contribution >= 0.6 is 11.6 Å². The minimum atomic E-state index is 0.115. The highest BCUT2D eigenvalue weighted by Crippen LogP contribution is 2.10. The fourth-order valence-corrected chi connectivity index (χ4v) is 1.48. The highest BCUT2D eigenvalue weighted by molar-refractivity contribution is 6.30. The number of hydrogen-bond donors (Lipinski definition) is 1. The van der Waals surface area contributed by atoms with Crippen LogP contribution in [0.25, 0.3) is 0 Å². The molecule has 0 aliphatic heterocycles. The third-order valence-corrected chi connectivity index (χ3v) is 2.83. The van der Waals surface area contributed by atoms with E-state index in [1.807, 2.05) is 31.2 Å². The molecule has 0 bridgehead atoms. The van der Waals surface area contributed by atoms with E-state index in [1.54, 1.807) is 0 Å². The van der Waals surface area contributed by atoms with Crippen molar-refractivity contribution in [3.63, 3.8) is 0 Å². The van der Waals surface area contributed by atoms with Crippen molar-refractivity contribution in [3.05, 3.63) is 34.9 Å². The minimum Gasteiger partial charge on any atom is -0.354 e. The van der Waals surface area contributed by atoms with Gasteiger partial charge < -0.3 is 5.32 Å². The predicted octanol–water partition coefficient (Wildman–Crippen LogP) is 3.19. The fraction of sp³-hybridized carbons (Fsp3) is 0.462. The normalized spacial score (nSPS) is 12.2. The molecule has 0 saturated heterocycles. The van der Waals surface area contributed by atoms with E-state index in [9.17, 15) is 4.79 Å². The van der Waals surface area contributed by atoms with E-state index in [2.05, 4.69) is 12.2 Å². The van der Waals surface area contributed by atoms with E-state index >= 15 is 0 Å². The van der Waals surface area contributed by atoms with Crippen molar-refractivity contribution in [1.29, 1.82) is 0 Å². The Morgan fingerprint density at radius 3 is 2.56 bits per heavy atom. The molecule has 1 rings (SSSR count). The molecule has 3 heteroatoms. The third kappa shape index (κ3) is 4.67. The second-order valence-corrected chi connectivity index (χ2v) is 4.44. The van der Waals surface area contributed by atoms with Crippen molar-refractivity contribution in [2.24, 2.45) is 0 Å². The van der Waals surface area contributed by atoms with Crippen LogP contribution in [0.2, 0.25) is 5.02 Å². The van der Waals surface area contributed by atoms with Crippen molar-refractivity contribution in [3.8, 4) is 0 Å². The maximum atomic E-state index is 11.5. The first-order valence-electron chi connectivity index (χ1n) is 5.65. The predicted molar refractivity (Wildman–Crippen MR) is 67.7 cm³/mol. The van der Waals surface area contributed by atoms with Gasteiger partial charge in [0.2, 0.25) is 5.91 Å². The van der Waals surface area contributed by atoms with Gasteiger partial charge in [0.25, 0.3) is 0 Å². The van der Waals surface area contributed by atoms with Crippen LogP contribution in [0.15, 0.2) is 24.3 Å². The lowest BCUT2D eigenvalue weighted by Crippen LogP contribution is -2.31. The quantitative estimate of drug-likeness (QED) is 0.840. The average Bonchev–Trinajstić information content (AvgIpc) is 2.28. The first kappa shape index (κ1) is 13.0. The zero-order chi connectivity index (χ0) is 12.0. The Morgan fingerprint density at radius 1 is 1.38 bits per heavy atom. The largest absolute Gasteiger partial charge is 0.354 e. The summed E-state index contributed by atoms with van der Waals surface area (Å²) in [6.45, 7) is 4.07. The van der Waals surface area contributed by atoms with Crippen LogP contribution < -0.4 is 5.32 Å². The zero-order valence-electron chi connectivity index (χ0n) is 9.79. The Kier molecular flexibility index (Phi) is 5.33. The van der Waals surface area contributed by atoms with Crippen molar-refractivity contribution in [1.82, 2.24) is 5.32 Å². The molecule has 2 nitrogen and oxygen atoms in total. The Balaban J connectivity index is 2.34. The molecule has 1 aromatic carbocycles. The van der Waals surface area contributed by atoms with Crippen LogP contribution in [0.3, 0.4) is 0 Å². The summed E-state index contributed by atoms with van der Waals surface area (Å²) >= 11 is 5.78. The molecule has 0 heterocycles. The molecule has 0 spiro atoms. The van der Waals surface area contributed by atoms with Crippen LogP contribution in [0.4, 0.5) is 0 Å². The van der Waals surface area contributed by atoms with Gasteiger partial charge in [0, 0.05) is 17.5 Å². The number of carbonyl (C=O) groups excluding carboxylic acids is 1. The lowest BCUT2D eigenvalue weighted by Gasteiger charge is -2.11. The minimum absolute atomic E-state index is 0.115. The molecule has 0 radical (unpaired) electrons. The molecular formula is C13H18ClNO. The second-order valence-electron chi connectivity index (χ2n) is 4.00. The van der Waals surface area contributed by atoms with E-state index in [-0.39, 0.29) is 11.9 Å². The summed E-state index contributed by atoms with van der Waals surface area (Å²) in [6.07, 6.45) is 2.26. The second kappa shape index (κ2) is 6.54. The summed E-state index contributed by atoms with van der Waals surface area (Å²) in [5, 5.41) is 3.68. The molecule has 88 valence electrons. The number of aryl methyl sites for hydroxylation is 1. The molecule has 1 atom stereocenters.